The van der Waals surface area contributed by atoms with Crippen molar-refractivity contribution in [3.63, 3.8) is 0 Å². The molecule has 15 heavy (non-hydrogen) atoms. The summed E-state index contributed by atoms with van der Waals surface area (Å²) in [5.74, 6) is 0.545. The number of aryl methyl sites for hydroxylation is 1. The zero-order chi connectivity index (χ0) is 11.1. The maximum atomic E-state index is 8.87. The number of aromatic nitrogens is 1. The first kappa shape index (κ1) is 12.5. The first-order valence-corrected chi connectivity index (χ1v) is 6.47. The molecule has 0 aromatic carbocycles. The molecule has 0 bridgehead atoms. The molecule has 1 aromatic rings. The molecule has 0 radical (unpaired) electrons. The molecule has 0 spiro atoms. The number of nitrogens with one attached hydrogen (secondary N) is 1. The van der Waals surface area contributed by atoms with Crippen LogP contribution in [-0.4, -0.2) is 23.2 Å². The topological polar surface area (TPSA) is 45.1 Å². The van der Waals surface area contributed by atoms with Crippen LogP contribution in [-0.2, 0) is 6.42 Å². The van der Waals surface area contributed by atoms with Crippen LogP contribution < -0.4 is 5.32 Å². The normalized spacial score (nSPS) is 12.7. The Kier molecular flexibility index (Phi) is 5.65. The number of hydrogen-bond acceptors (Lipinski definition) is 4. The maximum Gasteiger partial charge on any atom is 0.182 e. The van der Waals surface area contributed by atoms with E-state index in [-0.39, 0.29) is 6.61 Å². The molecular formula is C11H20N2OS. The number of thiazole rings is 1. The summed E-state index contributed by atoms with van der Waals surface area (Å²) in [7, 11) is 0. The first-order valence-electron chi connectivity index (χ1n) is 5.59. The van der Waals surface area contributed by atoms with Gasteiger partial charge in [-0.25, -0.2) is 4.98 Å². The Balaban J connectivity index is 2.34. The van der Waals surface area contributed by atoms with Gasteiger partial charge in [-0.05, 0) is 18.8 Å². The van der Waals surface area contributed by atoms with Gasteiger partial charge >= 0.3 is 0 Å². The molecule has 0 aliphatic carbocycles. The van der Waals surface area contributed by atoms with E-state index >= 15 is 0 Å². The van der Waals surface area contributed by atoms with Crippen LogP contribution in [0, 0.1) is 5.92 Å². The Morgan fingerprint density at radius 3 is 2.87 bits per heavy atom. The largest absolute Gasteiger partial charge is 0.396 e. The van der Waals surface area contributed by atoms with Crippen LogP contribution in [0.1, 0.15) is 32.4 Å². The van der Waals surface area contributed by atoms with Gasteiger partial charge in [0.1, 0.15) is 0 Å². The third-order valence-electron chi connectivity index (χ3n) is 2.57. The second kappa shape index (κ2) is 6.80. The van der Waals surface area contributed by atoms with Crippen LogP contribution in [0.3, 0.4) is 0 Å². The molecule has 1 unspecified atom stereocenters. The van der Waals surface area contributed by atoms with Crippen molar-refractivity contribution in [1.29, 1.82) is 0 Å². The molecule has 0 aliphatic heterocycles. The lowest BCUT2D eigenvalue weighted by Crippen LogP contribution is -2.14. The molecule has 2 N–H and O–H groups in total. The van der Waals surface area contributed by atoms with Crippen molar-refractivity contribution in [3.8, 4) is 0 Å². The molecule has 3 nitrogen and oxygen atoms in total. The lowest BCUT2D eigenvalue weighted by molar-refractivity contribution is 0.258. The molecule has 1 rings (SSSR count). The van der Waals surface area contributed by atoms with E-state index in [0.717, 1.165) is 36.6 Å². The quantitative estimate of drug-likeness (QED) is 0.754. The predicted octanol–water partition coefficient (Wildman–Crippen LogP) is 2.53. The minimum Gasteiger partial charge on any atom is -0.396 e. The van der Waals surface area contributed by atoms with Crippen LogP contribution in [0.4, 0.5) is 5.13 Å². The number of aliphatic hydroxyl groups is 1. The third kappa shape index (κ3) is 4.18. The lowest BCUT2D eigenvalue weighted by Gasteiger charge is -2.13. The Labute approximate surface area is 95.6 Å². The molecule has 1 heterocycles. The van der Waals surface area contributed by atoms with Gasteiger partial charge in [0.05, 0.1) is 5.69 Å². The van der Waals surface area contributed by atoms with Crippen molar-refractivity contribution in [2.45, 2.75) is 33.1 Å². The lowest BCUT2D eigenvalue weighted by atomic mass is 10.0. The average Bonchev–Trinajstić information content (AvgIpc) is 2.72. The van der Waals surface area contributed by atoms with Crippen LogP contribution in [0.25, 0.3) is 0 Å². The minimum atomic E-state index is 0.276. The number of aliphatic hydroxyl groups excluding tert-OH is 1. The molecule has 86 valence electrons. The fourth-order valence-corrected chi connectivity index (χ4v) is 2.22. The van der Waals surface area contributed by atoms with Gasteiger partial charge in [0.2, 0.25) is 0 Å². The summed E-state index contributed by atoms with van der Waals surface area (Å²) in [5, 5.41) is 15.3. The zero-order valence-corrected chi connectivity index (χ0v) is 10.3. The summed E-state index contributed by atoms with van der Waals surface area (Å²) in [6.45, 7) is 5.45. The maximum absolute atomic E-state index is 8.87. The van der Waals surface area contributed by atoms with Crippen molar-refractivity contribution < 1.29 is 5.11 Å². The predicted molar refractivity (Wildman–Crippen MR) is 65.5 cm³/mol. The van der Waals surface area contributed by atoms with Gasteiger partial charge in [-0.2, -0.15) is 0 Å². The molecule has 0 amide bonds. The van der Waals surface area contributed by atoms with Gasteiger partial charge < -0.3 is 10.4 Å². The second-order valence-corrected chi connectivity index (χ2v) is 4.52. The van der Waals surface area contributed by atoms with E-state index in [1.807, 2.05) is 0 Å². The van der Waals surface area contributed by atoms with E-state index in [9.17, 15) is 0 Å². The molecule has 0 aliphatic rings. The molecule has 0 saturated carbocycles. The Bertz CT molecular complexity index is 275. The van der Waals surface area contributed by atoms with Crippen molar-refractivity contribution in [2.75, 3.05) is 18.5 Å². The van der Waals surface area contributed by atoms with Gasteiger partial charge in [0, 0.05) is 18.5 Å². The highest BCUT2D eigenvalue weighted by molar-refractivity contribution is 7.13. The summed E-state index contributed by atoms with van der Waals surface area (Å²) < 4.78 is 0. The van der Waals surface area contributed by atoms with E-state index in [4.69, 9.17) is 5.11 Å². The molecule has 1 aromatic heterocycles. The summed E-state index contributed by atoms with van der Waals surface area (Å²) in [4.78, 5) is 4.44. The molecule has 0 fully saturated rings. The van der Waals surface area contributed by atoms with Gasteiger partial charge in [0.25, 0.3) is 0 Å². The van der Waals surface area contributed by atoms with Crippen LogP contribution in [0.2, 0.25) is 0 Å². The van der Waals surface area contributed by atoms with E-state index in [0.29, 0.717) is 5.92 Å². The molecule has 1 atom stereocenters. The number of anilines is 1. The second-order valence-electron chi connectivity index (χ2n) is 3.67. The van der Waals surface area contributed by atoms with Gasteiger partial charge in [-0.15, -0.1) is 11.3 Å². The third-order valence-corrected chi connectivity index (χ3v) is 3.42. The van der Waals surface area contributed by atoms with Crippen molar-refractivity contribution in [3.05, 3.63) is 11.1 Å². The summed E-state index contributed by atoms with van der Waals surface area (Å²) in [6.07, 6.45) is 2.96. The monoisotopic (exact) mass is 228 g/mol. The summed E-state index contributed by atoms with van der Waals surface area (Å²) in [5.41, 5.74) is 1.15. The van der Waals surface area contributed by atoms with Crippen molar-refractivity contribution >= 4 is 16.5 Å². The number of hydrogen-bond donors (Lipinski definition) is 2. The standard InChI is InChI=1S/C11H20N2OS/c1-3-9(5-6-14)7-12-11-13-10(4-2)8-15-11/h8-9,14H,3-7H2,1-2H3,(H,12,13). The van der Waals surface area contributed by atoms with E-state index in [1.165, 1.54) is 0 Å². The van der Waals surface area contributed by atoms with Gasteiger partial charge in [-0.1, -0.05) is 20.3 Å². The SMILES string of the molecule is CCc1csc(NCC(CC)CCO)n1. The zero-order valence-electron chi connectivity index (χ0n) is 9.49. The van der Waals surface area contributed by atoms with E-state index in [2.05, 4.69) is 29.5 Å². The fraction of sp³-hybridized carbons (Fsp3) is 0.727. The highest BCUT2D eigenvalue weighted by Crippen LogP contribution is 2.17. The molecular weight excluding hydrogens is 208 g/mol. The van der Waals surface area contributed by atoms with Crippen LogP contribution >= 0.6 is 11.3 Å². The molecule has 4 heteroatoms. The van der Waals surface area contributed by atoms with Crippen LogP contribution in [0.15, 0.2) is 5.38 Å². The Morgan fingerprint density at radius 2 is 2.33 bits per heavy atom. The van der Waals surface area contributed by atoms with Crippen molar-refractivity contribution in [1.82, 2.24) is 4.98 Å². The Hall–Kier alpha value is -0.610. The van der Waals surface area contributed by atoms with Gasteiger partial charge in [0.15, 0.2) is 5.13 Å². The van der Waals surface area contributed by atoms with E-state index < -0.39 is 0 Å². The number of rotatable bonds is 7. The highest BCUT2D eigenvalue weighted by atomic mass is 32.1. The smallest absolute Gasteiger partial charge is 0.182 e. The highest BCUT2D eigenvalue weighted by Gasteiger charge is 2.06. The molecule has 0 saturated heterocycles. The number of nitrogens with zero attached hydrogens (tertiary/aromatic N) is 1. The van der Waals surface area contributed by atoms with Crippen molar-refractivity contribution in [2.24, 2.45) is 5.92 Å². The summed E-state index contributed by atoms with van der Waals surface area (Å²) >= 11 is 1.66. The minimum absolute atomic E-state index is 0.276. The summed E-state index contributed by atoms with van der Waals surface area (Å²) in [6, 6.07) is 0. The fourth-order valence-electron chi connectivity index (χ4n) is 1.42. The Morgan fingerprint density at radius 1 is 1.53 bits per heavy atom. The first-order chi connectivity index (χ1) is 7.30. The van der Waals surface area contributed by atoms with E-state index in [1.54, 1.807) is 11.3 Å². The van der Waals surface area contributed by atoms with Gasteiger partial charge in [-0.3, -0.25) is 0 Å². The average molecular weight is 228 g/mol. The van der Waals surface area contributed by atoms with Crippen LogP contribution in [0.5, 0.6) is 0 Å².